The number of thiazole rings is 1. The SMILES string of the molecule is O=C(O)c1c(O)c2ncsc2[nH]c1=O. The molecule has 2 aromatic heterocycles. The van der Waals surface area contributed by atoms with Crippen molar-refractivity contribution in [2.45, 2.75) is 0 Å². The van der Waals surface area contributed by atoms with Gasteiger partial charge in [0, 0.05) is 0 Å². The topological polar surface area (TPSA) is 103 Å². The van der Waals surface area contributed by atoms with Crippen molar-refractivity contribution in [1.29, 1.82) is 0 Å². The van der Waals surface area contributed by atoms with Crippen LogP contribution >= 0.6 is 11.3 Å². The summed E-state index contributed by atoms with van der Waals surface area (Å²) < 4.78 is 0. The van der Waals surface area contributed by atoms with E-state index in [4.69, 9.17) is 5.11 Å². The molecule has 0 saturated carbocycles. The molecule has 3 N–H and O–H groups in total. The van der Waals surface area contributed by atoms with Crippen molar-refractivity contribution in [2.75, 3.05) is 0 Å². The lowest BCUT2D eigenvalue weighted by Gasteiger charge is -1.97. The smallest absolute Gasteiger partial charge is 0.345 e. The molecule has 72 valence electrons. The molecule has 0 spiro atoms. The molecule has 0 aromatic carbocycles. The summed E-state index contributed by atoms with van der Waals surface area (Å²) in [6.07, 6.45) is 0. The van der Waals surface area contributed by atoms with Crippen molar-refractivity contribution in [2.24, 2.45) is 0 Å². The van der Waals surface area contributed by atoms with Gasteiger partial charge in [-0.15, -0.1) is 11.3 Å². The van der Waals surface area contributed by atoms with Gasteiger partial charge in [0.05, 0.1) is 5.51 Å². The molecule has 6 nitrogen and oxygen atoms in total. The van der Waals surface area contributed by atoms with Gasteiger partial charge in [-0.1, -0.05) is 0 Å². The van der Waals surface area contributed by atoms with Crippen LogP contribution in [0.3, 0.4) is 0 Å². The zero-order valence-corrected chi connectivity index (χ0v) is 7.46. The summed E-state index contributed by atoms with van der Waals surface area (Å²) in [7, 11) is 0. The first-order chi connectivity index (χ1) is 6.61. The Hall–Kier alpha value is -1.89. The molecule has 0 aliphatic rings. The van der Waals surface area contributed by atoms with Crippen molar-refractivity contribution in [3.63, 3.8) is 0 Å². The Morgan fingerprint density at radius 2 is 2.29 bits per heavy atom. The fourth-order valence-electron chi connectivity index (χ4n) is 1.09. The number of aromatic hydroxyl groups is 1. The van der Waals surface area contributed by atoms with Crippen LogP contribution in [-0.4, -0.2) is 26.2 Å². The maximum Gasteiger partial charge on any atom is 0.345 e. The summed E-state index contributed by atoms with van der Waals surface area (Å²) in [6, 6.07) is 0. The lowest BCUT2D eigenvalue weighted by Crippen LogP contribution is -2.17. The number of carboxylic acid groups (broad SMARTS) is 1. The third kappa shape index (κ3) is 1.06. The molecular formula is C7H4N2O4S. The highest BCUT2D eigenvalue weighted by molar-refractivity contribution is 7.16. The van der Waals surface area contributed by atoms with Crippen LogP contribution in [0.5, 0.6) is 5.75 Å². The van der Waals surface area contributed by atoms with Crippen molar-refractivity contribution >= 4 is 27.7 Å². The number of aromatic nitrogens is 2. The maximum absolute atomic E-state index is 11.2. The molecule has 2 rings (SSSR count). The van der Waals surface area contributed by atoms with E-state index in [1.54, 1.807) is 0 Å². The van der Waals surface area contributed by atoms with Gasteiger partial charge in [0.1, 0.15) is 10.3 Å². The molecular weight excluding hydrogens is 208 g/mol. The number of H-pyrrole nitrogens is 1. The number of carboxylic acids is 1. The van der Waals surface area contributed by atoms with E-state index < -0.39 is 22.8 Å². The van der Waals surface area contributed by atoms with Gasteiger partial charge in [-0.2, -0.15) is 0 Å². The Kier molecular flexibility index (Phi) is 1.74. The van der Waals surface area contributed by atoms with Crippen molar-refractivity contribution in [3.8, 4) is 5.75 Å². The standard InChI is InChI=1S/C7H4N2O4S/c10-4-2(7(12)13)5(11)9-6-3(4)8-1-14-6/h1H,(H,12,13)(H2,9,10,11). The number of aromatic carboxylic acids is 1. The van der Waals surface area contributed by atoms with Crippen LogP contribution in [0.25, 0.3) is 10.3 Å². The third-order valence-corrected chi connectivity index (χ3v) is 2.44. The average Bonchev–Trinajstić information content (AvgIpc) is 2.50. The van der Waals surface area contributed by atoms with E-state index >= 15 is 0 Å². The predicted molar refractivity (Wildman–Crippen MR) is 48.9 cm³/mol. The van der Waals surface area contributed by atoms with Crippen LogP contribution in [0, 0.1) is 0 Å². The van der Waals surface area contributed by atoms with Gasteiger partial charge < -0.3 is 15.2 Å². The molecule has 0 atom stereocenters. The third-order valence-electron chi connectivity index (χ3n) is 1.70. The van der Waals surface area contributed by atoms with Gasteiger partial charge in [0.25, 0.3) is 5.56 Å². The Labute approximate surface area is 80.5 Å². The van der Waals surface area contributed by atoms with Gasteiger partial charge in [0.2, 0.25) is 0 Å². The average molecular weight is 212 g/mol. The van der Waals surface area contributed by atoms with Gasteiger partial charge in [-0.3, -0.25) is 4.79 Å². The lowest BCUT2D eigenvalue weighted by molar-refractivity contribution is 0.0692. The highest BCUT2D eigenvalue weighted by atomic mass is 32.1. The molecule has 0 radical (unpaired) electrons. The molecule has 0 unspecified atom stereocenters. The van der Waals surface area contributed by atoms with Gasteiger partial charge in [-0.25, -0.2) is 9.78 Å². The van der Waals surface area contributed by atoms with E-state index in [-0.39, 0.29) is 5.52 Å². The highest BCUT2D eigenvalue weighted by Gasteiger charge is 2.19. The summed E-state index contributed by atoms with van der Waals surface area (Å²) in [5.74, 6) is -2.06. The van der Waals surface area contributed by atoms with Gasteiger partial charge in [-0.05, 0) is 0 Å². The van der Waals surface area contributed by atoms with Crippen LogP contribution in [0.15, 0.2) is 10.3 Å². The van der Waals surface area contributed by atoms with Crippen molar-refractivity contribution in [1.82, 2.24) is 9.97 Å². The molecule has 0 saturated heterocycles. The molecule has 7 heteroatoms. The second kappa shape index (κ2) is 2.81. The fourth-order valence-corrected chi connectivity index (χ4v) is 1.77. The highest BCUT2D eigenvalue weighted by Crippen LogP contribution is 2.25. The minimum absolute atomic E-state index is 0.104. The first-order valence-electron chi connectivity index (χ1n) is 3.53. The summed E-state index contributed by atoms with van der Waals surface area (Å²) in [6.45, 7) is 0. The second-order valence-corrected chi connectivity index (χ2v) is 3.37. The maximum atomic E-state index is 11.2. The van der Waals surface area contributed by atoms with E-state index in [1.807, 2.05) is 0 Å². The predicted octanol–water partition coefficient (Wildman–Crippen LogP) is 0.388. The van der Waals surface area contributed by atoms with E-state index in [0.29, 0.717) is 4.83 Å². The Morgan fingerprint density at radius 3 is 2.93 bits per heavy atom. The number of nitrogens with zero attached hydrogens (tertiary/aromatic N) is 1. The van der Waals surface area contributed by atoms with E-state index in [9.17, 15) is 14.7 Å². The van der Waals surface area contributed by atoms with Crippen LogP contribution in [0.1, 0.15) is 10.4 Å². The Bertz CT molecular complexity index is 571. The van der Waals surface area contributed by atoms with E-state index in [1.165, 1.54) is 5.51 Å². The molecule has 14 heavy (non-hydrogen) atoms. The first kappa shape index (κ1) is 8.70. The van der Waals surface area contributed by atoms with Gasteiger partial charge >= 0.3 is 5.97 Å². The molecule has 2 heterocycles. The number of pyridine rings is 1. The van der Waals surface area contributed by atoms with Gasteiger partial charge in [0.15, 0.2) is 11.3 Å². The number of hydrogen-bond acceptors (Lipinski definition) is 5. The number of hydrogen-bond donors (Lipinski definition) is 3. The summed E-state index contributed by atoms with van der Waals surface area (Å²) in [5.41, 5.74) is 0.00790. The summed E-state index contributed by atoms with van der Waals surface area (Å²) in [5, 5.41) is 18.1. The quantitative estimate of drug-likeness (QED) is 0.634. The summed E-state index contributed by atoms with van der Waals surface area (Å²) >= 11 is 1.12. The lowest BCUT2D eigenvalue weighted by atomic mass is 10.2. The molecule has 0 aliphatic heterocycles. The number of aromatic amines is 1. The summed E-state index contributed by atoms with van der Waals surface area (Å²) in [4.78, 5) is 28.2. The number of carbonyl (C=O) groups is 1. The minimum atomic E-state index is -1.47. The molecule has 0 bridgehead atoms. The first-order valence-corrected chi connectivity index (χ1v) is 4.41. The van der Waals surface area contributed by atoms with E-state index in [2.05, 4.69) is 9.97 Å². The van der Waals surface area contributed by atoms with Crippen LogP contribution < -0.4 is 5.56 Å². The number of rotatable bonds is 1. The minimum Gasteiger partial charge on any atom is -0.505 e. The van der Waals surface area contributed by atoms with Crippen molar-refractivity contribution < 1.29 is 15.0 Å². The monoisotopic (exact) mass is 212 g/mol. The zero-order valence-electron chi connectivity index (χ0n) is 6.64. The van der Waals surface area contributed by atoms with Crippen LogP contribution in [-0.2, 0) is 0 Å². The largest absolute Gasteiger partial charge is 0.505 e. The molecule has 0 amide bonds. The van der Waals surface area contributed by atoms with Crippen LogP contribution in [0.4, 0.5) is 0 Å². The molecule has 2 aromatic rings. The fraction of sp³-hybridized carbons (Fsp3) is 0. The van der Waals surface area contributed by atoms with E-state index in [0.717, 1.165) is 11.3 Å². The number of nitrogens with one attached hydrogen (secondary N) is 1. The normalized spacial score (nSPS) is 10.6. The number of fused-ring (bicyclic) bond motifs is 1. The molecule has 0 aliphatic carbocycles. The zero-order chi connectivity index (χ0) is 10.3. The Balaban J connectivity index is 2.96. The van der Waals surface area contributed by atoms with Crippen molar-refractivity contribution in [3.05, 3.63) is 21.4 Å². The Morgan fingerprint density at radius 1 is 1.57 bits per heavy atom. The molecule has 0 fully saturated rings. The van der Waals surface area contributed by atoms with Crippen LogP contribution in [0.2, 0.25) is 0 Å². The second-order valence-electron chi connectivity index (χ2n) is 2.51.